The van der Waals surface area contributed by atoms with Crippen molar-refractivity contribution in [3.8, 4) is 0 Å². The zero-order valence-electron chi connectivity index (χ0n) is 12.8. The molecular formula is C19H25NO. The Morgan fingerprint density at radius 1 is 1.00 bits per heavy atom. The van der Waals surface area contributed by atoms with E-state index in [1.807, 2.05) is 6.07 Å². The third-order valence-electron chi connectivity index (χ3n) is 5.04. The Balaban J connectivity index is 1.94. The molecule has 1 aliphatic carbocycles. The number of hydrogen-bond acceptors (Lipinski definition) is 2. The quantitative estimate of drug-likeness (QED) is 0.891. The Bertz CT molecular complexity index is 616. The number of rotatable bonds is 3. The van der Waals surface area contributed by atoms with Crippen LogP contribution in [0.3, 0.4) is 0 Å². The molecule has 1 aliphatic rings. The van der Waals surface area contributed by atoms with Gasteiger partial charge in [-0.05, 0) is 47.6 Å². The van der Waals surface area contributed by atoms with Gasteiger partial charge in [0.25, 0.3) is 0 Å². The molecule has 2 aromatic rings. The lowest BCUT2D eigenvalue weighted by atomic mass is 9.80. The van der Waals surface area contributed by atoms with Crippen molar-refractivity contribution in [3.63, 3.8) is 0 Å². The van der Waals surface area contributed by atoms with Crippen molar-refractivity contribution in [2.45, 2.75) is 51.2 Å². The molecule has 3 rings (SSSR count). The summed E-state index contributed by atoms with van der Waals surface area (Å²) in [5, 5.41) is 13.1. The smallest absolute Gasteiger partial charge is 0.0761 e. The van der Waals surface area contributed by atoms with Crippen LogP contribution in [-0.4, -0.2) is 11.2 Å². The summed E-state index contributed by atoms with van der Waals surface area (Å²) < 4.78 is 0. The first-order valence-electron chi connectivity index (χ1n) is 8.10. The van der Waals surface area contributed by atoms with Crippen LogP contribution in [0.5, 0.6) is 0 Å². The van der Waals surface area contributed by atoms with E-state index in [2.05, 4.69) is 37.3 Å². The summed E-state index contributed by atoms with van der Waals surface area (Å²) in [5.74, 6) is 0.355. The van der Waals surface area contributed by atoms with E-state index in [-0.39, 0.29) is 6.04 Å². The number of aliphatic hydroxyl groups is 1. The van der Waals surface area contributed by atoms with Gasteiger partial charge in [0.05, 0.1) is 12.1 Å². The van der Waals surface area contributed by atoms with Gasteiger partial charge < -0.3 is 10.8 Å². The SMILES string of the molecule is Cc1ccc([C@H](N)[C@H](O)C2CCCCC2)c2ccccc12. The first-order valence-corrected chi connectivity index (χ1v) is 8.10. The summed E-state index contributed by atoms with van der Waals surface area (Å²) >= 11 is 0. The first kappa shape index (κ1) is 14.6. The monoisotopic (exact) mass is 283 g/mol. The Morgan fingerprint density at radius 3 is 2.38 bits per heavy atom. The average Bonchev–Trinajstić information content (AvgIpc) is 2.55. The standard InChI is InChI=1S/C19H25NO/c1-13-11-12-17(16-10-6-5-9-15(13)16)18(20)19(21)14-7-3-2-4-8-14/h5-6,9-12,14,18-19,21H,2-4,7-8,20H2,1H3/t18-,19+/m0/s1. The lowest BCUT2D eigenvalue weighted by Crippen LogP contribution is -2.34. The second-order valence-electron chi connectivity index (χ2n) is 6.43. The van der Waals surface area contributed by atoms with Crippen molar-refractivity contribution >= 4 is 10.8 Å². The van der Waals surface area contributed by atoms with Crippen LogP contribution >= 0.6 is 0 Å². The zero-order valence-corrected chi connectivity index (χ0v) is 12.8. The second-order valence-corrected chi connectivity index (χ2v) is 6.43. The topological polar surface area (TPSA) is 46.2 Å². The molecule has 0 saturated heterocycles. The summed E-state index contributed by atoms with van der Waals surface area (Å²) in [5.41, 5.74) is 8.77. The highest BCUT2D eigenvalue weighted by Gasteiger charge is 2.28. The van der Waals surface area contributed by atoms with Gasteiger partial charge in [0.2, 0.25) is 0 Å². The summed E-state index contributed by atoms with van der Waals surface area (Å²) in [6, 6.07) is 12.3. The second kappa shape index (κ2) is 6.17. The maximum atomic E-state index is 10.7. The van der Waals surface area contributed by atoms with E-state index in [0.29, 0.717) is 5.92 Å². The highest BCUT2D eigenvalue weighted by Crippen LogP contribution is 2.34. The summed E-state index contributed by atoms with van der Waals surface area (Å²) in [6.07, 6.45) is 5.53. The molecule has 0 aliphatic heterocycles. The molecule has 21 heavy (non-hydrogen) atoms. The van der Waals surface area contributed by atoms with E-state index in [4.69, 9.17) is 5.73 Å². The third kappa shape index (κ3) is 2.83. The molecule has 0 radical (unpaired) electrons. The molecule has 0 aromatic heterocycles. The van der Waals surface area contributed by atoms with Gasteiger partial charge in [-0.15, -0.1) is 0 Å². The van der Waals surface area contributed by atoms with E-state index in [9.17, 15) is 5.11 Å². The molecular weight excluding hydrogens is 258 g/mol. The van der Waals surface area contributed by atoms with E-state index in [0.717, 1.165) is 18.4 Å². The molecule has 0 bridgehead atoms. The number of aliphatic hydroxyl groups excluding tert-OH is 1. The van der Waals surface area contributed by atoms with Crippen LogP contribution < -0.4 is 5.73 Å². The number of nitrogens with two attached hydrogens (primary N) is 1. The van der Waals surface area contributed by atoms with Gasteiger partial charge >= 0.3 is 0 Å². The van der Waals surface area contributed by atoms with Crippen LogP contribution in [0.2, 0.25) is 0 Å². The largest absolute Gasteiger partial charge is 0.391 e. The van der Waals surface area contributed by atoms with Crippen molar-refractivity contribution in [1.82, 2.24) is 0 Å². The molecule has 1 saturated carbocycles. The van der Waals surface area contributed by atoms with E-state index in [1.165, 1.54) is 35.6 Å². The summed E-state index contributed by atoms with van der Waals surface area (Å²) in [4.78, 5) is 0. The minimum Gasteiger partial charge on any atom is -0.391 e. The van der Waals surface area contributed by atoms with Crippen LogP contribution in [0.4, 0.5) is 0 Å². The van der Waals surface area contributed by atoms with Gasteiger partial charge in [0, 0.05) is 0 Å². The molecule has 0 spiro atoms. The van der Waals surface area contributed by atoms with Crippen LogP contribution in [0.15, 0.2) is 36.4 Å². The van der Waals surface area contributed by atoms with Gasteiger partial charge in [-0.2, -0.15) is 0 Å². The average molecular weight is 283 g/mol. The molecule has 0 unspecified atom stereocenters. The van der Waals surface area contributed by atoms with Crippen molar-refractivity contribution < 1.29 is 5.11 Å². The van der Waals surface area contributed by atoms with Gasteiger partial charge in [-0.25, -0.2) is 0 Å². The minimum atomic E-state index is -0.434. The minimum absolute atomic E-state index is 0.293. The van der Waals surface area contributed by atoms with Gasteiger partial charge in [-0.3, -0.25) is 0 Å². The van der Waals surface area contributed by atoms with Gasteiger partial charge in [0.1, 0.15) is 0 Å². The number of hydrogen-bond donors (Lipinski definition) is 2. The highest BCUT2D eigenvalue weighted by atomic mass is 16.3. The van der Waals surface area contributed by atoms with Gasteiger partial charge in [-0.1, -0.05) is 55.7 Å². The zero-order chi connectivity index (χ0) is 14.8. The fourth-order valence-corrected chi connectivity index (χ4v) is 3.72. The third-order valence-corrected chi connectivity index (χ3v) is 5.04. The molecule has 112 valence electrons. The highest BCUT2D eigenvalue weighted by molar-refractivity contribution is 5.88. The molecule has 2 aromatic carbocycles. The number of aryl methyl sites for hydroxylation is 1. The van der Waals surface area contributed by atoms with E-state index >= 15 is 0 Å². The Morgan fingerprint density at radius 2 is 1.67 bits per heavy atom. The normalized spacial score (nSPS) is 19.6. The van der Waals surface area contributed by atoms with Crippen molar-refractivity contribution in [1.29, 1.82) is 0 Å². The summed E-state index contributed by atoms with van der Waals surface area (Å²) in [7, 11) is 0. The first-order chi connectivity index (χ1) is 10.2. The van der Waals surface area contributed by atoms with Crippen molar-refractivity contribution in [3.05, 3.63) is 47.5 Å². The fourth-order valence-electron chi connectivity index (χ4n) is 3.72. The lowest BCUT2D eigenvalue weighted by molar-refractivity contribution is 0.0622. The molecule has 0 amide bonds. The predicted octanol–water partition coefficient (Wildman–Crippen LogP) is 4.09. The van der Waals surface area contributed by atoms with Crippen LogP contribution in [-0.2, 0) is 0 Å². The number of fused-ring (bicyclic) bond motifs is 1. The fraction of sp³-hybridized carbons (Fsp3) is 0.474. The van der Waals surface area contributed by atoms with Crippen molar-refractivity contribution in [2.24, 2.45) is 11.7 Å². The lowest BCUT2D eigenvalue weighted by Gasteiger charge is -2.31. The molecule has 2 nitrogen and oxygen atoms in total. The van der Waals surface area contributed by atoms with Crippen molar-refractivity contribution in [2.75, 3.05) is 0 Å². The maximum absolute atomic E-state index is 10.7. The Hall–Kier alpha value is -1.38. The van der Waals surface area contributed by atoms with E-state index < -0.39 is 6.10 Å². The van der Waals surface area contributed by atoms with Gasteiger partial charge in [0.15, 0.2) is 0 Å². The van der Waals surface area contributed by atoms with Crippen LogP contribution in [0, 0.1) is 12.8 Å². The van der Waals surface area contributed by atoms with Crippen LogP contribution in [0.1, 0.15) is 49.3 Å². The Labute approximate surface area is 127 Å². The molecule has 0 heterocycles. The number of benzene rings is 2. The molecule has 2 heteroatoms. The molecule has 2 atom stereocenters. The predicted molar refractivity (Wildman–Crippen MR) is 88.2 cm³/mol. The Kier molecular flexibility index (Phi) is 4.27. The maximum Gasteiger partial charge on any atom is 0.0761 e. The molecule has 1 fully saturated rings. The van der Waals surface area contributed by atoms with Crippen LogP contribution in [0.25, 0.3) is 10.8 Å². The summed E-state index contributed by atoms with van der Waals surface area (Å²) in [6.45, 7) is 2.12. The van der Waals surface area contributed by atoms with E-state index in [1.54, 1.807) is 0 Å². The molecule has 3 N–H and O–H groups in total.